The van der Waals surface area contributed by atoms with Crippen LogP contribution < -0.4 is 15.4 Å². The predicted octanol–water partition coefficient (Wildman–Crippen LogP) is 4.62. The number of nitrogens with zero attached hydrogens (tertiary/aromatic N) is 3. The fourth-order valence-electron chi connectivity index (χ4n) is 3.75. The van der Waals surface area contributed by atoms with E-state index in [2.05, 4.69) is 26.0 Å². The molecule has 1 aliphatic rings. The van der Waals surface area contributed by atoms with Crippen LogP contribution in [-0.4, -0.2) is 49.3 Å². The number of hydrogen-bond acceptors (Lipinski definition) is 6. The Morgan fingerprint density at radius 1 is 1.23 bits per heavy atom. The zero-order valence-electron chi connectivity index (χ0n) is 17.2. The van der Waals surface area contributed by atoms with Gasteiger partial charge in [-0.25, -0.2) is 0 Å². The van der Waals surface area contributed by atoms with E-state index in [1.165, 1.54) is 0 Å². The van der Waals surface area contributed by atoms with Crippen molar-refractivity contribution in [2.75, 3.05) is 43.9 Å². The number of aryl methyl sites for hydroxylation is 1. The van der Waals surface area contributed by atoms with Crippen molar-refractivity contribution in [1.82, 2.24) is 10.1 Å². The van der Waals surface area contributed by atoms with E-state index in [1.54, 1.807) is 20.1 Å². The fraction of sp³-hybridized carbons (Fsp3) is 0.273. The Kier molecular flexibility index (Phi) is 6.11. The summed E-state index contributed by atoms with van der Waals surface area (Å²) in [6, 6.07) is 11.1. The third kappa shape index (κ3) is 4.09. The number of carbonyl (C=O) groups is 1. The number of hydrogen-bond donors (Lipinski definition) is 1. The van der Waals surface area contributed by atoms with Crippen LogP contribution in [-0.2, 0) is 0 Å². The van der Waals surface area contributed by atoms with Gasteiger partial charge >= 0.3 is 0 Å². The number of nitrogen functional groups attached to an aromatic ring is 1. The Balaban J connectivity index is 1.55. The lowest BCUT2D eigenvalue weighted by Crippen LogP contribution is -2.49. The first-order chi connectivity index (χ1) is 14.9. The van der Waals surface area contributed by atoms with Crippen molar-refractivity contribution in [3.63, 3.8) is 0 Å². The summed E-state index contributed by atoms with van der Waals surface area (Å²) in [4.78, 5) is 17.3. The Morgan fingerprint density at radius 2 is 1.94 bits per heavy atom. The average molecular weight is 506 g/mol. The van der Waals surface area contributed by atoms with Gasteiger partial charge in [0.1, 0.15) is 22.8 Å². The van der Waals surface area contributed by atoms with Crippen LogP contribution in [0.3, 0.4) is 0 Å². The van der Waals surface area contributed by atoms with Crippen LogP contribution in [0.2, 0.25) is 5.02 Å². The normalized spacial score (nSPS) is 14.1. The molecular formula is C22H22BrClN4O3. The maximum Gasteiger partial charge on any atom is 0.259 e. The van der Waals surface area contributed by atoms with Gasteiger partial charge < -0.3 is 24.8 Å². The summed E-state index contributed by atoms with van der Waals surface area (Å²) in [6.07, 6.45) is 0. The van der Waals surface area contributed by atoms with Crippen LogP contribution in [0.25, 0.3) is 11.3 Å². The molecule has 1 saturated heterocycles. The SMILES string of the molecule is COc1ccccc1-c1noc(C)c1C(=O)N1CCN(c2cc(N)c(Br)cc2Cl)CC1. The first-order valence-electron chi connectivity index (χ1n) is 9.79. The number of rotatable bonds is 4. The number of para-hydroxylation sites is 1. The van der Waals surface area contributed by atoms with Gasteiger partial charge in [-0.2, -0.15) is 0 Å². The zero-order valence-corrected chi connectivity index (χ0v) is 19.5. The number of methoxy groups -OCH3 is 1. The minimum Gasteiger partial charge on any atom is -0.496 e. The summed E-state index contributed by atoms with van der Waals surface area (Å²) in [5, 5.41) is 4.77. The highest BCUT2D eigenvalue weighted by molar-refractivity contribution is 9.10. The van der Waals surface area contributed by atoms with Gasteiger partial charge in [0.05, 0.1) is 17.8 Å². The van der Waals surface area contributed by atoms with Crippen molar-refractivity contribution >= 4 is 44.8 Å². The molecule has 0 bridgehead atoms. The van der Waals surface area contributed by atoms with Gasteiger partial charge in [-0.05, 0) is 47.1 Å². The first-order valence-corrected chi connectivity index (χ1v) is 11.0. The van der Waals surface area contributed by atoms with E-state index in [-0.39, 0.29) is 5.91 Å². The summed E-state index contributed by atoms with van der Waals surface area (Å²) in [5.41, 5.74) is 9.19. The summed E-state index contributed by atoms with van der Waals surface area (Å²) < 4.78 is 11.6. The molecule has 1 aromatic heterocycles. The Morgan fingerprint density at radius 3 is 2.65 bits per heavy atom. The minimum atomic E-state index is -0.110. The van der Waals surface area contributed by atoms with Gasteiger partial charge in [0.15, 0.2) is 0 Å². The monoisotopic (exact) mass is 504 g/mol. The second-order valence-corrected chi connectivity index (χ2v) is 8.53. The lowest BCUT2D eigenvalue weighted by Gasteiger charge is -2.36. The van der Waals surface area contributed by atoms with Crippen LogP contribution in [0.1, 0.15) is 16.1 Å². The molecular weight excluding hydrogens is 484 g/mol. The van der Waals surface area contributed by atoms with Crippen LogP contribution in [0.5, 0.6) is 5.75 Å². The van der Waals surface area contributed by atoms with E-state index in [0.29, 0.717) is 59.7 Å². The highest BCUT2D eigenvalue weighted by Crippen LogP contribution is 2.35. The predicted molar refractivity (Wildman–Crippen MR) is 125 cm³/mol. The van der Waals surface area contributed by atoms with Gasteiger partial charge in [0.2, 0.25) is 0 Å². The smallest absolute Gasteiger partial charge is 0.259 e. The summed E-state index contributed by atoms with van der Waals surface area (Å²) in [5.74, 6) is 1.01. The van der Waals surface area contributed by atoms with E-state index in [4.69, 9.17) is 26.6 Å². The number of nitrogens with two attached hydrogens (primary N) is 1. The van der Waals surface area contributed by atoms with Crippen LogP contribution >= 0.6 is 27.5 Å². The maximum atomic E-state index is 13.4. The first kappa shape index (κ1) is 21.5. The number of amides is 1. The lowest BCUT2D eigenvalue weighted by atomic mass is 10.0. The molecule has 0 spiro atoms. The van der Waals surface area contributed by atoms with Gasteiger partial charge in [-0.1, -0.05) is 28.9 Å². The zero-order chi connectivity index (χ0) is 22.1. The largest absolute Gasteiger partial charge is 0.496 e. The van der Waals surface area contributed by atoms with Crippen LogP contribution in [0.4, 0.5) is 11.4 Å². The highest BCUT2D eigenvalue weighted by Gasteiger charge is 2.30. The molecule has 9 heteroatoms. The third-order valence-corrected chi connectivity index (χ3v) is 6.40. The molecule has 0 unspecified atom stereocenters. The van der Waals surface area contributed by atoms with Crippen LogP contribution in [0.15, 0.2) is 45.4 Å². The van der Waals surface area contributed by atoms with Gasteiger partial charge in [0, 0.05) is 41.9 Å². The standard InChI is InChI=1S/C22H22BrClN4O3/c1-13-20(21(26-31-13)14-5-3-4-6-19(14)30-2)22(29)28-9-7-27(8-10-28)18-12-17(25)15(23)11-16(18)24/h3-6,11-12H,7-10,25H2,1-2H3. The van der Waals surface area contributed by atoms with Crippen molar-refractivity contribution in [3.8, 4) is 17.0 Å². The molecule has 2 N–H and O–H groups in total. The maximum absolute atomic E-state index is 13.4. The van der Waals surface area contributed by atoms with Gasteiger partial charge in [-0.3, -0.25) is 4.79 Å². The van der Waals surface area contributed by atoms with E-state index >= 15 is 0 Å². The molecule has 1 amide bonds. The molecule has 1 aliphatic heterocycles. The molecule has 0 saturated carbocycles. The number of halogens is 2. The fourth-order valence-corrected chi connectivity index (χ4v) is 4.51. The number of carbonyl (C=O) groups excluding carboxylic acids is 1. The van der Waals surface area contributed by atoms with E-state index in [9.17, 15) is 4.79 Å². The second-order valence-electron chi connectivity index (χ2n) is 7.27. The highest BCUT2D eigenvalue weighted by atomic mass is 79.9. The quantitative estimate of drug-likeness (QED) is 0.521. The van der Waals surface area contributed by atoms with E-state index < -0.39 is 0 Å². The van der Waals surface area contributed by atoms with Gasteiger partial charge in [-0.15, -0.1) is 0 Å². The average Bonchev–Trinajstić information content (AvgIpc) is 3.17. The number of anilines is 2. The molecule has 0 aliphatic carbocycles. The van der Waals surface area contributed by atoms with E-state index in [1.807, 2.05) is 35.2 Å². The Labute approximate surface area is 193 Å². The minimum absolute atomic E-state index is 0.110. The number of benzene rings is 2. The van der Waals surface area contributed by atoms with Crippen LogP contribution in [0, 0.1) is 6.92 Å². The molecule has 4 rings (SSSR count). The molecule has 3 aromatic rings. The number of ether oxygens (including phenoxy) is 1. The summed E-state index contributed by atoms with van der Waals surface area (Å²) in [6.45, 7) is 4.11. The molecule has 31 heavy (non-hydrogen) atoms. The molecule has 1 fully saturated rings. The van der Waals surface area contributed by atoms with Crippen molar-refractivity contribution in [3.05, 3.63) is 57.2 Å². The van der Waals surface area contributed by atoms with E-state index in [0.717, 1.165) is 15.7 Å². The second kappa shape index (κ2) is 8.80. The molecule has 0 radical (unpaired) electrons. The molecule has 162 valence electrons. The molecule has 2 aromatic carbocycles. The Hall–Kier alpha value is -2.71. The van der Waals surface area contributed by atoms with Crippen molar-refractivity contribution in [2.24, 2.45) is 0 Å². The van der Waals surface area contributed by atoms with Crippen molar-refractivity contribution in [1.29, 1.82) is 0 Å². The Bertz CT molecular complexity index is 1130. The molecule has 0 atom stereocenters. The number of aromatic nitrogens is 1. The number of piperazine rings is 1. The summed E-state index contributed by atoms with van der Waals surface area (Å²) in [7, 11) is 1.59. The molecule has 2 heterocycles. The van der Waals surface area contributed by atoms with Gasteiger partial charge in [0.25, 0.3) is 5.91 Å². The lowest BCUT2D eigenvalue weighted by molar-refractivity contribution is 0.0745. The van der Waals surface area contributed by atoms with Crippen molar-refractivity contribution < 1.29 is 14.1 Å². The topological polar surface area (TPSA) is 84.8 Å². The summed E-state index contributed by atoms with van der Waals surface area (Å²) >= 11 is 9.81. The third-order valence-electron chi connectivity index (χ3n) is 5.41. The van der Waals surface area contributed by atoms with Crippen molar-refractivity contribution in [2.45, 2.75) is 6.92 Å². The molecule has 7 nitrogen and oxygen atoms in total.